The van der Waals surface area contributed by atoms with Crippen molar-refractivity contribution in [1.29, 1.82) is 0 Å². The molecule has 0 radical (unpaired) electrons. The van der Waals surface area contributed by atoms with Crippen molar-refractivity contribution in [3.05, 3.63) is 0 Å². The van der Waals surface area contributed by atoms with Gasteiger partial charge in [-0.15, -0.1) is 0 Å². The van der Waals surface area contributed by atoms with Gasteiger partial charge >= 0.3 is 12.0 Å². The van der Waals surface area contributed by atoms with Gasteiger partial charge in [0, 0.05) is 18.6 Å². The molecule has 0 aromatic heterocycles. The van der Waals surface area contributed by atoms with Crippen LogP contribution < -0.4 is 5.32 Å². The molecule has 0 saturated carbocycles. The monoisotopic (exact) mass is 270 g/mol. The molecule has 1 saturated heterocycles. The summed E-state index contributed by atoms with van der Waals surface area (Å²) in [5.41, 5.74) is 0. The summed E-state index contributed by atoms with van der Waals surface area (Å²) in [6, 6.07) is -0.117. The lowest BCUT2D eigenvalue weighted by Crippen LogP contribution is -2.48. The first kappa shape index (κ1) is 15.8. The highest BCUT2D eigenvalue weighted by molar-refractivity contribution is 5.76. The summed E-state index contributed by atoms with van der Waals surface area (Å²) >= 11 is 0. The van der Waals surface area contributed by atoms with Gasteiger partial charge in [-0.05, 0) is 26.2 Å². The molecular formula is C14H26N2O3. The van der Waals surface area contributed by atoms with Crippen molar-refractivity contribution >= 4 is 12.0 Å². The summed E-state index contributed by atoms with van der Waals surface area (Å²) in [6.45, 7) is 4.84. The van der Waals surface area contributed by atoms with E-state index in [2.05, 4.69) is 12.2 Å². The number of nitrogens with zero attached hydrogens (tertiary/aromatic N) is 1. The fourth-order valence-electron chi connectivity index (χ4n) is 2.62. The van der Waals surface area contributed by atoms with Crippen LogP contribution in [0.1, 0.15) is 58.8 Å². The Bertz CT molecular complexity index is 307. The van der Waals surface area contributed by atoms with E-state index in [0.717, 1.165) is 25.8 Å². The van der Waals surface area contributed by atoms with Crippen molar-refractivity contribution in [3.8, 4) is 0 Å². The van der Waals surface area contributed by atoms with Crippen molar-refractivity contribution in [2.45, 2.75) is 70.9 Å². The van der Waals surface area contributed by atoms with Gasteiger partial charge in [0.05, 0.1) is 6.42 Å². The van der Waals surface area contributed by atoms with E-state index in [1.54, 1.807) is 0 Å². The lowest BCUT2D eigenvalue weighted by Gasteiger charge is -2.29. The van der Waals surface area contributed by atoms with Crippen molar-refractivity contribution in [2.24, 2.45) is 0 Å². The summed E-state index contributed by atoms with van der Waals surface area (Å²) in [6.07, 6.45) is 5.98. The number of carbonyl (C=O) groups is 2. The van der Waals surface area contributed by atoms with Gasteiger partial charge in [0.25, 0.3) is 0 Å². The normalized spacial score (nSPS) is 21.6. The molecule has 5 heteroatoms. The van der Waals surface area contributed by atoms with E-state index in [-0.39, 0.29) is 24.5 Å². The quantitative estimate of drug-likeness (QED) is 0.806. The summed E-state index contributed by atoms with van der Waals surface area (Å²) in [5, 5.41) is 11.7. The molecule has 0 spiro atoms. The Hall–Kier alpha value is -1.26. The maximum Gasteiger partial charge on any atom is 0.317 e. The molecule has 0 aliphatic carbocycles. The topological polar surface area (TPSA) is 69.6 Å². The van der Waals surface area contributed by atoms with E-state index in [1.165, 1.54) is 12.8 Å². The number of carboxylic acids is 1. The molecule has 0 aromatic rings. The van der Waals surface area contributed by atoms with Gasteiger partial charge in [0.15, 0.2) is 0 Å². The molecule has 1 rings (SSSR count). The molecule has 1 fully saturated rings. The van der Waals surface area contributed by atoms with Crippen molar-refractivity contribution in [1.82, 2.24) is 10.2 Å². The maximum atomic E-state index is 12.2. The molecule has 2 unspecified atom stereocenters. The second-order valence-corrected chi connectivity index (χ2v) is 5.42. The van der Waals surface area contributed by atoms with E-state index in [4.69, 9.17) is 5.11 Å². The van der Waals surface area contributed by atoms with Gasteiger partial charge in [-0.2, -0.15) is 0 Å². The Balaban J connectivity index is 2.56. The molecule has 2 N–H and O–H groups in total. The van der Waals surface area contributed by atoms with Gasteiger partial charge in [0.1, 0.15) is 0 Å². The van der Waals surface area contributed by atoms with Gasteiger partial charge < -0.3 is 15.3 Å². The van der Waals surface area contributed by atoms with Crippen LogP contribution >= 0.6 is 0 Å². The lowest BCUT2D eigenvalue weighted by molar-refractivity contribution is -0.137. The summed E-state index contributed by atoms with van der Waals surface area (Å²) < 4.78 is 0. The van der Waals surface area contributed by atoms with Crippen LogP contribution in [0.4, 0.5) is 4.79 Å². The maximum absolute atomic E-state index is 12.2. The molecule has 2 atom stereocenters. The number of hydrogen-bond donors (Lipinski definition) is 2. The number of urea groups is 1. The number of rotatable bonds is 5. The van der Waals surface area contributed by atoms with E-state index in [0.29, 0.717) is 6.42 Å². The second kappa shape index (κ2) is 8.02. The first-order chi connectivity index (χ1) is 9.04. The highest BCUT2D eigenvalue weighted by Crippen LogP contribution is 2.16. The number of amides is 2. The van der Waals surface area contributed by atoms with E-state index < -0.39 is 5.97 Å². The largest absolute Gasteiger partial charge is 0.481 e. The third-order valence-corrected chi connectivity index (χ3v) is 3.70. The van der Waals surface area contributed by atoms with Crippen LogP contribution in [0.3, 0.4) is 0 Å². The fourth-order valence-corrected chi connectivity index (χ4v) is 2.62. The van der Waals surface area contributed by atoms with Crippen LogP contribution in [0.2, 0.25) is 0 Å². The van der Waals surface area contributed by atoms with Crippen LogP contribution in [0, 0.1) is 0 Å². The zero-order chi connectivity index (χ0) is 14.3. The number of nitrogens with one attached hydrogen (secondary N) is 1. The number of carboxylic acid groups (broad SMARTS) is 1. The Morgan fingerprint density at radius 2 is 2.11 bits per heavy atom. The predicted octanol–water partition coefficient (Wildman–Crippen LogP) is 2.60. The summed E-state index contributed by atoms with van der Waals surface area (Å²) in [4.78, 5) is 24.9. The van der Waals surface area contributed by atoms with Crippen LogP contribution in [0.15, 0.2) is 0 Å². The first-order valence-electron chi connectivity index (χ1n) is 7.33. The number of likely N-dealkylation sites (tertiary alicyclic amines) is 1. The Morgan fingerprint density at radius 3 is 2.74 bits per heavy atom. The predicted molar refractivity (Wildman–Crippen MR) is 74.1 cm³/mol. The minimum absolute atomic E-state index is 0.00179. The van der Waals surface area contributed by atoms with Crippen molar-refractivity contribution < 1.29 is 14.7 Å². The Morgan fingerprint density at radius 1 is 1.37 bits per heavy atom. The van der Waals surface area contributed by atoms with Gasteiger partial charge in [0.2, 0.25) is 0 Å². The van der Waals surface area contributed by atoms with E-state index in [9.17, 15) is 9.59 Å². The summed E-state index contributed by atoms with van der Waals surface area (Å²) in [7, 11) is 0. The average molecular weight is 270 g/mol. The number of aliphatic carboxylic acids is 1. The molecule has 1 heterocycles. The minimum Gasteiger partial charge on any atom is -0.481 e. The standard InChI is InChI=1S/C14H26N2O3/c1-3-7-12(10-13(17)18)15-14(19)16-9-6-4-5-8-11(16)2/h11-12H,3-10H2,1-2H3,(H,15,19)(H,17,18). The highest BCUT2D eigenvalue weighted by atomic mass is 16.4. The zero-order valence-corrected chi connectivity index (χ0v) is 12.0. The number of carbonyl (C=O) groups excluding carboxylic acids is 1. The SMILES string of the molecule is CCCC(CC(=O)O)NC(=O)N1CCCCCC1C. The zero-order valence-electron chi connectivity index (χ0n) is 12.0. The minimum atomic E-state index is -0.859. The Labute approximate surface area is 115 Å². The van der Waals surface area contributed by atoms with Crippen LogP contribution in [-0.2, 0) is 4.79 Å². The fraction of sp³-hybridized carbons (Fsp3) is 0.857. The lowest BCUT2D eigenvalue weighted by atomic mass is 10.1. The molecule has 1 aliphatic heterocycles. The van der Waals surface area contributed by atoms with Gasteiger partial charge in [-0.25, -0.2) is 4.79 Å². The van der Waals surface area contributed by atoms with Crippen LogP contribution in [-0.4, -0.2) is 40.6 Å². The number of hydrogen-bond acceptors (Lipinski definition) is 2. The molecule has 0 aromatic carbocycles. The van der Waals surface area contributed by atoms with Crippen LogP contribution in [0.5, 0.6) is 0 Å². The molecule has 2 amide bonds. The van der Waals surface area contributed by atoms with Crippen LogP contribution in [0.25, 0.3) is 0 Å². The van der Waals surface area contributed by atoms with Crippen molar-refractivity contribution in [2.75, 3.05) is 6.54 Å². The second-order valence-electron chi connectivity index (χ2n) is 5.42. The third-order valence-electron chi connectivity index (χ3n) is 3.70. The molecular weight excluding hydrogens is 244 g/mol. The first-order valence-corrected chi connectivity index (χ1v) is 7.33. The van der Waals surface area contributed by atoms with E-state index in [1.807, 2.05) is 11.8 Å². The average Bonchev–Trinajstić information content (AvgIpc) is 2.53. The molecule has 1 aliphatic rings. The third kappa shape index (κ3) is 5.49. The van der Waals surface area contributed by atoms with Crippen molar-refractivity contribution in [3.63, 3.8) is 0 Å². The van der Waals surface area contributed by atoms with Gasteiger partial charge in [-0.3, -0.25) is 4.79 Å². The Kier molecular flexibility index (Phi) is 6.67. The molecule has 19 heavy (non-hydrogen) atoms. The molecule has 0 bridgehead atoms. The molecule has 5 nitrogen and oxygen atoms in total. The smallest absolute Gasteiger partial charge is 0.317 e. The van der Waals surface area contributed by atoms with Gasteiger partial charge in [-0.1, -0.05) is 26.2 Å². The highest BCUT2D eigenvalue weighted by Gasteiger charge is 2.24. The summed E-state index contributed by atoms with van der Waals surface area (Å²) in [5.74, 6) is -0.859. The van der Waals surface area contributed by atoms with E-state index >= 15 is 0 Å². The molecule has 110 valence electrons.